The third-order valence-electron chi connectivity index (χ3n) is 2.02. The van der Waals surface area contributed by atoms with Gasteiger partial charge in [0.15, 0.2) is 0 Å². The molecule has 0 radical (unpaired) electrons. The summed E-state index contributed by atoms with van der Waals surface area (Å²) in [6.07, 6.45) is 11.9. The fourth-order valence-corrected chi connectivity index (χ4v) is 1.16. The number of allylic oxidation sites excluding steroid dienone is 7. The normalized spacial score (nSPS) is 10.2. The lowest BCUT2D eigenvalue weighted by Gasteiger charge is -1.92. The molecule has 0 aliphatic carbocycles. The minimum Gasteiger partial charge on any atom is -0.193 e. The lowest BCUT2D eigenvalue weighted by molar-refractivity contribution is 1.52. The second-order valence-corrected chi connectivity index (χ2v) is 3.45. The first-order valence-corrected chi connectivity index (χ1v) is 5.91. The summed E-state index contributed by atoms with van der Waals surface area (Å²) in [5.41, 5.74) is 1.96. The van der Waals surface area contributed by atoms with Gasteiger partial charge in [0.05, 0.1) is 12.1 Å². The van der Waals surface area contributed by atoms with Gasteiger partial charge in [-0.25, -0.2) is 0 Å². The smallest absolute Gasteiger partial charge is 0.0918 e. The molecule has 0 atom stereocenters. The molecule has 1 rings (SSSR count). The zero-order chi connectivity index (χ0) is 15.1. The third-order valence-corrected chi connectivity index (χ3v) is 2.02. The molecule has 0 bridgehead atoms. The Hall–Kier alpha value is -3.10. The minimum absolute atomic E-state index is 0.853. The lowest BCUT2D eigenvalue weighted by atomic mass is 10.1. The highest BCUT2D eigenvalue weighted by Gasteiger charge is 1.86. The van der Waals surface area contributed by atoms with E-state index in [1.165, 1.54) is 12.2 Å². The van der Waals surface area contributed by atoms with Gasteiger partial charge in [-0.1, -0.05) is 73.9 Å². The highest BCUT2D eigenvalue weighted by atomic mass is 14.2. The summed E-state index contributed by atoms with van der Waals surface area (Å²) in [7, 11) is 0. The number of hydrogen-bond acceptors (Lipinski definition) is 2. The van der Waals surface area contributed by atoms with Gasteiger partial charge in [0.25, 0.3) is 0 Å². The van der Waals surface area contributed by atoms with Gasteiger partial charge in [-0.05, 0) is 11.1 Å². The van der Waals surface area contributed by atoms with Crippen molar-refractivity contribution in [1.29, 1.82) is 10.5 Å². The van der Waals surface area contributed by atoms with Crippen LogP contribution in [-0.2, 0) is 0 Å². The molecule has 0 aliphatic heterocycles. The Bertz CT molecular complexity index is 576. The quantitative estimate of drug-likeness (QED) is 0.587. The summed E-state index contributed by atoms with van der Waals surface area (Å²) in [5, 5.41) is 16.1. The standard InChI is InChI=1S/C15H13N.C3H3N/c1-2-3-7-15(12-13-16)11-10-14-8-5-4-6-9-14;1-2-3-4/h2-12H,1H2;2H,1H2. The van der Waals surface area contributed by atoms with E-state index in [-0.39, 0.29) is 0 Å². The van der Waals surface area contributed by atoms with Crippen LogP contribution >= 0.6 is 0 Å². The molecule has 0 unspecified atom stereocenters. The van der Waals surface area contributed by atoms with Gasteiger partial charge in [0, 0.05) is 12.2 Å². The van der Waals surface area contributed by atoms with Crippen LogP contribution in [0.1, 0.15) is 5.56 Å². The molecule has 0 N–H and O–H groups in total. The topological polar surface area (TPSA) is 47.6 Å². The molecule has 0 saturated heterocycles. The van der Waals surface area contributed by atoms with Crippen molar-refractivity contribution < 1.29 is 0 Å². The van der Waals surface area contributed by atoms with Crippen LogP contribution in [0.4, 0.5) is 0 Å². The minimum atomic E-state index is 0.853. The van der Waals surface area contributed by atoms with Crippen molar-refractivity contribution in [2.24, 2.45) is 0 Å². The molecule has 0 saturated carbocycles. The molecular formula is C18H16N2. The van der Waals surface area contributed by atoms with Crippen LogP contribution in [0.2, 0.25) is 0 Å². The van der Waals surface area contributed by atoms with Crippen LogP contribution in [-0.4, -0.2) is 0 Å². The second kappa shape index (κ2) is 12.4. The Balaban J connectivity index is 0.000000796. The molecule has 0 aromatic heterocycles. The number of benzene rings is 1. The van der Waals surface area contributed by atoms with E-state index in [1.807, 2.05) is 54.6 Å². The van der Waals surface area contributed by atoms with Crippen LogP contribution < -0.4 is 0 Å². The van der Waals surface area contributed by atoms with Gasteiger partial charge in [0.2, 0.25) is 0 Å². The molecule has 0 aliphatic rings. The number of hydrogen-bond donors (Lipinski definition) is 0. The average molecular weight is 260 g/mol. The molecular weight excluding hydrogens is 244 g/mol. The highest BCUT2D eigenvalue weighted by Crippen LogP contribution is 2.06. The summed E-state index contributed by atoms with van der Waals surface area (Å²) >= 11 is 0. The molecule has 1 aromatic carbocycles. The molecule has 2 heteroatoms. The molecule has 98 valence electrons. The van der Waals surface area contributed by atoms with Crippen molar-refractivity contribution >= 4 is 6.08 Å². The number of rotatable bonds is 4. The van der Waals surface area contributed by atoms with E-state index in [0.29, 0.717) is 0 Å². The summed E-state index contributed by atoms with van der Waals surface area (Å²) in [4.78, 5) is 0. The first-order valence-electron chi connectivity index (χ1n) is 5.91. The molecule has 0 spiro atoms. The number of nitriles is 2. The average Bonchev–Trinajstić information content (AvgIpc) is 2.51. The fraction of sp³-hybridized carbons (Fsp3) is 0. The lowest BCUT2D eigenvalue weighted by Crippen LogP contribution is -1.72. The summed E-state index contributed by atoms with van der Waals surface area (Å²) in [6, 6.07) is 13.7. The van der Waals surface area contributed by atoms with Crippen LogP contribution in [0.5, 0.6) is 0 Å². The van der Waals surface area contributed by atoms with Crippen LogP contribution in [0.15, 0.2) is 85.5 Å². The predicted octanol–water partition coefficient (Wildman–Crippen LogP) is 4.59. The monoisotopic (exact) mass is 260 g/mol. The van der Waals surface area contributed by atoms with Gasteiger partial charge in [-0.15, -0.1) is 0 Å². The van der Waals surface area contributed by atoms with E-state index in [2.05, 4.69) is 13.2 Å². The highest BCUT2D eigenvalue weighted by molar-refractivity contribution is 5.55. The SMILES string of the molecule is C=CC#N.C=CC=CC(C=Cc1ccccc1)=CC#N. The summed E-state index contributed by atoms with van der Waals surface area (Å²) < 4.78 is 0. The third kappa shape index (κ3) is 8.98. The van der Waals surface area contributed by atoms with Gasteiger partial charge in [0.1, 0.15) is 0 Å². The van der Waals surface area contributed by atoms with E-state index in [0.717, 1.165) is 11.1 Å². The summed E-state index contributed by atoms with van der Waals surface area (Å²) in [6.45, 7) is 6.71. The Morgan fingerprint density at radius 3 is 2.15 bits per heavy atom. The van der Waals surface area contributed by atoms with E-state index < -0.39 is 0 Å². The molecule has 0 amide bonds. The first-order chi connectivity index (χ1) is 9.78. The first kappa shape index (κ1) is 16.9. The maximum Gasteiger partial charge on any atom is 0.0918 e. The van der Waals surface area contributed by atoms with E-state index in [1.54, 1.807) is 18.2 Å². The predicted molar refractivity (Wildman–Crippen MR) is 84.3 cm³/mol. The Kier molecular flexibility index (Phi) is 10.4. The van der Waals surface area contributed by atoms with Gasteiger partial charge in [-0.2, -0.15) is 10.5 Å². The number of nitrogens with zero attached hydrogens (tertiary/aromatic N) is 2. The molecule has 2 nitrogen and oxygen atoms in total. The van der Waals surface area contributed by atoms with Gasteiger partial charge in [-0.3, -0.25) is 0 Å². The molecule has 20 heavy (non-hydrogen) atoms. The van der Waals surface area contributed by atoms with Crippen LogP contribution in [0.25, 0.3) is 6.08 Å². The Labute approximate surface area is 120 Å². The van der Waals surface area contributed by atoms with Crippen molar-refractivity contribution in [3.63, 3.8) is 0 Å². The van der Waals surface area contributed by atoms with Crippen molar-refractivity contribution in [2.75, 3.05) is 0 Å². The van der Waals surface area contributed by atoms with Crippen LogP contribution in [0, 0.1) is 22.7 Å². The van der Waals surface area contributed by atoms with Crippen molar-refractivity contribution in [2.45, 2.75) is 0 Å². The molecule has 0 heterocycles. The molecule has 0 fully saturated rings. The maximum absolute atomic E-state index is 8.61. The zero-order valence-electron chi connectivity index (χ0n) is 11.2. The van der Waals surface area contributed by atoms with E-state index >= 15 is 0 Å². The van der Waals surface area contributed by atoms with Crippen LogP contribution in [0.3, 0.4) is 0 Å². The van der Waals surface area contributed by atoms with E-state index in [9.17, 15) is 0 Å². The second-order valence-electron chi connectivity index (χ2n) is 3.45. The van der Waals surface area contributed by atoms with Gasteiger partial charge >= 0.3 is 0 Å². The Morgan fingerprint density at radius 2 is 1.65 bits per heavy atom. The Morgan fingerprint density at radius 1 is 1.00 bits per heavy atom. The maximum atomic E-state index is 8.61. The van der Waals surface area contributed by atoms with Gasteiger partial charge < -0.3 is 0 Å². The fourth-order valence-electron chi connectivity index (χ4n) is 1.16. The zero-order valence-corrected chi connectivity index (χ0v) is 11.2. The largest absolute Gasteiger partial charge is 0.193 e. The summed E-state index contributed by atoms with van der Waals surface area (Å²) in [5.74, 6) is 0. The van der Waals surface area contributed by atoms with Crippen molar-refractivity contribution in [3.8, 4) is 12.1 Å². The van der Waals surface area contributed by atoms with E-state index in [4.69, 9.17) is 10.5 Å². The molecule has 1 aromatic rings. The van der Waals surface area contributed by atoms with Crippen molar-refractivity contribution in [1.82, 2.24) is 0 Å². The van der Waals surface area contributed by atoms with Crippen molar-refractivity contribution in [3.05, 3.63) is 91.1 Å².